The molecule has 1 rings (SSSR count). The van der Waals surface area contributed by atoms with Gasteiger partial charge in [0.2, 0.25) is 6.41 Å². The fourth-order valence-corrected chi connectivity index (χ4v) is 2.35. The van der Waals surface area contributed by atoms with E-state index in [1.54, 1.807) is 0 Å². The highest BCUT2D eigenvalue weighted by Crippen LogP contribution is 2.16. The maximum absolute atomic E-state index is 11.0. The zero-order valence-electron chi connectivity index (χ0n) is 13.4. The van der Waals surface area contributed by atoms with Gasteiger partial charge in [0.1, 0.15) is 0 Å². The van der Waals surface area contributed by atoms with E-state index in [-0.39, 0.29) is 0 Å². The van der Waals surface area contributed by atoms with Gasteiger partial charge in [-0.3, -0.25) is 4.79 Å². The number of nitrogens with one attached hydrogen (secondary N) is 2. The molecule has 1 aliphatic rings. The van der Waals surface area contributed by atoms with Gasteiger partial charge in [-0.1, -0.05) is 4.89 Å². The van der Waals surface area contributed by atoms with Crippen molar-refractivity contribution in [2.75, 3.05) is 33.2 Å². The largest absolute Gasteiger partial charge is 0.341 e. The van der Waals surface area contributed by atoms with E-state index in [0.29, 0.717) is 12.1 Å². The van der Waals surface area contributed by atoms with Gasteiger partial charge in [-0.2, -0.15) is 0 Å². The third-order valence-electron chi connectivity index (χ3n) is 3.60. The minimum Gasteiger partial charge on any atom is -0.341 e. The van der Waals surface area contributed by atoms with Crippen LogP contribution >= 0.6 is 0 Å². The zero-order valence-corrected chi connectivity index (χ0v) is 14.2. The van der Waals surface area contributed by atoms with Gasteiger partial charge in [0.25, 0.3) is 11.3 Å². The van der Waals surface area contributed by atoms with E-state index in [9.17, 15) is 9.00 Å². The van der Waals surface area contributed by atoms with Crippen LogP contribution in [0.25, 0.3) is 0 Å². The first-order chi connectivity index (χ1) is 10.5. The number of hydrogen-bond acceptors (Lipinski definition) is 7. The number of rotatable bonds is 8. The minimum absolute atomic E-state index is 0.445. The fraction of sp³-hybridized carbons (Fsp3) is 0.917. The molecule has 4 N–H and O–H groups in total. The lowest BCUT2D eigenvalue weighted by Crippen LogP contribution is -2.47. The molecule has 132 valence electrons. The number of likely N-dealkylation sites (tertiary alicyclic amines) is 1. The molecule has 0 radical (unpaired) electrons. The van der Waals surface area contributed by atoms with E-state index in [1.165, 1.54) is 0 Å². The van der Waals surface area contributed by atoms with Crippen molar-refractivity contribution in [1.29, 1.82) is 0 Å². The SMILES string of the molecule is CNCCN(C=O)C1CCN(C(C)C)CC1.O=S(NO)OO. The van der Waals surface area contributed by atoms with E-state index in [4.69, 9.17) is 10.5 Å². The zero-order chi connectivity index (χ0) is 17.0. The van der Waals surface area contributed by atoms with Crippen molar-refractivity contribution in [2.24, 2.45) is 0 Å². The van der Waals surface area contributed by atoms with Crippen molar-refractivity contribution in [1.82, 2.24) is 20.0 Å². The topological polar surface area (TPSA) is 114 Å². The molecular weight excluding hydrogens is 312 g/mol. The lowest BCUT2D eigenvalue weighted by Gasteiger charge is -2.38. The van der Waals surface area contributed by atoms with E-state index in [0.717, 1.165) is 50.3 Å². The van der Waals surface area contributed by atoms with E-state index in [2.05, 4.69) is 28.4 Å². The normalized spacial score (nSPS) is 17.7. The summed E-state index contributed by atoms with van der Waals surface area (Å²) in [6.45, 7) is 8.41. The molecule has 0 spiro atoms. The summed E-state index contributed by atoms with van der Waals surface area (Å²) in [5, 5.41) is 17.9. The number of likely N-dealkylation sites (N-methyl/N-ethyl adjacent to an activating group) is 1. The molecule has 1 amide bonds. The van der Waals surface area contributed by atoms with E-state index >= 15 is 0 Å². The maximum Gasteiger partial charge on any atom is 0.287 e. The molecule has 0 aromatic carbocycles. The summed E-state index contributed by atoms with van der Waals surface area (Å²) in [5.41, 5.74) is 0. The predicted molar refractivity (Wildman–Crippen MR) is 83.2 cm³/mol. The summed E-state index contributed by atoms with van der Waals surface area (Å²) in [4.78, 5) is 16.6. The molecule has 9 nitrogen and oxygen atoms in total. The summed E-state index contributed by atoms with van der Waals surface area (Å²) < 4.78 is 12.5. The highest BCUT2D eigenvalue weighted by Gasteiger charge is 2.24. The van der Waals surface area contributed by atoms with Crippen LogP contribution in [-0.4, -0.2) is 76.2 Å². The molecule has 1 atom stereocenters. The van der Waals surface area contributed by atoms with Gasteiger partial charge in [0.05, 0.1) is 0 Å². The Morgan fingerprint density at radius 1 is 1.45 bits per heavy atom. The quantitative estimate of drug-likeness (QED) is 0.269. The molecule has 1 fully saturated rings. The maximum atomic E-state index is 11.0. The van der Waals surface area contributed by atoms with Crippen LogP contribution in [-0.2, 0) is 20.4 Å². The number of amides is 1. The molecule has 10 heteroatoms. The number of carbonyl (C=O) groups is 1. The highest BCUT2D eigenvalue weighted by molar-refractivity contribution is 7.77. The lowest BCUT2D eigenvalue weighted by molar-refractivity contribution is -0.128. The van der Waals surface area contributed by atoms with Gasteiger partial charge in [-0.15, -0.1) is 4.33 Å². The molecule has 1 heterocycles. The highest BCUT2D eigenvalue weighted by atomic mass is 32.2. The van der Waals surface area contributed by atoms with Crippen molar-refractivity contribution >= 4 is 17.7 Å². The number of nitrogens with zero attached hydrogens (tertiary/aromatic N) is 2. The monoisotopic (exact) mass is 340 g/mol. The first-order valence-corrected chi connectivity index (χ1v) is 8.30. The average Bonchev–Trinajstić information content (AvgIpc) is 2.55. The van der Waals surface area contributed by atoms with Crippen molar-refractivity contribution in [2.45, 2.75) is 38.8 Å². The Morgan fingerprint density at radius 2 is 2.05 bits per heavy atom. The van der Waals surface area contributed by atoms with Crippen molar-refractivity contribution in [3.63, 3.8) is 0 Å². The van der Waals surface area contributed by atoms with Crippen LogP contribution in [0.2, 0.25) is 0 Å². The van der Waals surface area contributed by atoms with E-state index in [1.807, 2.05) is 11.9 Å². The third-order valence-corrected chi connectivity index (χ3v) is 3.88. The third kappa shape index (κ3) is 8.73. The first-order valence-electron chi connectivity index (χ1n) is 7.23. The standard InChI is InChI=1S/C12H25N3O.H3NO4S/c1-11(2)14-7-4-12(5-8-14)15(10-16)9-6-13-3;2-1-6(4)5-3/h10-13H,4-9H2,1-3H3;1-3H. The van der Waals surface area contributed by atoms with Crippen LogP contribution in [0.3, 0.4) is 0 Å². The Labute approximate surface area is 134 Å². The molecule has 0 bridgehead atoms. The molecule has 1 saturated heterocycles. The number of carbonyl (C=O) groups excluding carboxylic acids is 1. The van der Waals surface area contributed by atoms with Crippen molar-refractivity contribution < 1.29 is 23.8 Å². The van der Waals surface area contributed by atoms with Crippen molar-refractivity contribution in [3.05, 3.63) is 0 Å². The molecule has 0 aliphatic carbocycles. The molecule has 0 aromatic heterocycles. The Balaban J connectivity index is 0.000000626. The van der Waals surface area contributed by atoms with Crippen LogP contribution in [0.4, 0.5) is 0 Å². The molecule has 0 aromatic rings. The smallest absolute Gasteiger partial charge is 0.287 e. The second-order valence-electron chi connectivity index (χ2n) is 5.21. The minimum atomic E-state index is -2.17. The molecule has 22 heavy (non-hydrogen) atoms. The van der Waals surface area contributed by atoms with Gasteiger partial charge < -0.3 is 20.3 Å². The Bertz CT molecular complexity index is 308. The Kier molecular flexibility index (Phi) is 12.5. The fourth-order valence-electron chi connectivity index (χ4n) is 2.31. The first kappa shape index (κ1) is 21.4. The molecule has 1 unspecified atom stereocenters. The van der Waals surface area contributed by atoms with Gasteiger partial charge >= 0.3 is 0 Å². The van der Waals surface area contributed by atoms with Crippen LogP contribution in [0.15, 0.2) is 0 Å². The molecule has 1 aliphatic heterocycles. The average molecular weight is 340 g/mol. The summed E-state index contributed by atoms with van der Waals surface area (Å²) in [6.07, 6.45) is 3.23. The Morgan fingerprint density at radius 3 is 2.36 bits per heavy atom. The Hall–Kier alpha value is -0.620. The van der Waals surface area contributed by atoms with E-state index < -0.39 is 11.3 Å². The predicted octanol–water partition coefficient (Wildman–Crippen LogP) is -0.429. The van der Waals surface area contributed by atoms with Gasteiger partial charge in [0.15, 0.2) is 0 Å². The summed E-state index contributed by atoms with van der Waals surface area (Å²) in [7, 11) is 1.92. The number of piperidine rings is 1. The summed E-state index contributed by atoms with van der Waals surface area (Å²) >= 11 is -2.17. The van der Waals surface area contributed by atoms with Gasteiger partial charge in [0, 0.05) is 38.3 Å². The number of hydrogen-bond donors (Lipinski definition) is 4. The second kappa shape index (κ2) is 12.9. The lowest BCUT2D eigenvalue weighted by atomic mass is 10.0. The van der Waals surface area contributed by atoms with Gasteiger partial charge in [-0.25, -0.2) is 9.47 Å². The molecular formula is C12H28N4O5S. The second-order valence-corrected chi connectivity index (χ2v) is 6.01. The summed E-state index contributed by atoms with van der Waals surface area (Å²) in [6, 6.07) is 1.07. The van der Waals surface area contributed by atoms with Crippen LogP contribution in [0.1, 0.15) is 26.7 Å². The summed E-state index contributed by atoms with van der Waals surface area (Å²) in [5.74, 6) is 0. The molecule has 0 saturated carbocycles. The van der Waals surface area contributed by atoms with Crippen molar-refractivity contribution in [3.8, 4) is 0 Å². The van der Waals surface area contributed by atoms with Crippen LogP contribution in [0, 0.1) is 0 Å². The van der Waals surface area contributed by atoms with Gasteiger partial charge in [-0.05, 0) is 33.7 Å². The van der Waals surface area contributed by atoms with Crippen LogP contribution < -0.4 is 10.2 Å². The van der Waals surface area contributed by atoms with Crippen LogP contribution in [0.5, 0.6) is 0 Å².